The molecule has 0 bridgehead atoms. The molecule has 5 atom stereocenters. The van der Waals surface area contributed by atoms with Crippen LogP contribution >= 0.6 is 0 Å². The van der Waals surface area contributed by atoms with E-state index in [1.165, 1.54) is 12.8 Å². The molecule has 1 rings (SSSR count). The Morgan fingerprint density at radius 2 is 1.76 bits per heavy atom. The predicted octanol–water partition coefficient (Wildman–Crippen LogP) is 2.97. The average molecular weight is 240 g/mol. The molecular formula is C15H32N2. The molecule has 0 radical (unpaired) electrons. The molecule has 1 saturated carbocycles. The monoisotopic (exact) mass is 240 g/mol. The van der Waals surface area contributed by atoms with Crippen molar-refractivity contribution < 1.29 is 0 Å². The fourth-order valence-electron chi connectivity index (χ4n) is 3.29. The van der Waals surface area contributed by atoms with E-state index < -0.39 is 0 Å². The van der Waals surface area contributed by atoms with Crippen molar-refractivity contribution in [2.45, 2.75) is 59.5 Å². The molecule has 0 aromatic rings. The van der Waals surface area contributed by atoms with Gasteiger partial charge in [0.2, 0.25) is 0 Å². The Morgan fingerprint density at radius 1 is 1.18 bits per heavy atom. The molecule has 0 aliphatic heterocycles. The summed E-state index contributed by atoms with van der Waals surface area (Å²) in [5, 5.41) is 0. The maximum absolute atomic E-state index is 6.36. The maximum atomic E-state index is 6.36. The van der Waals surface area contributed by atoms with Crippen LogP contribution in [0.25, 0.3) is 0 Å². The highest BCUT2D eigenvalue weighted by Gasteiger charge is 2.33. The van der Waals surface area contributed by atoms with Gasteiger partial charge in [0.1, 0.15) is 0 Å². The number of hydrogen-bond donors (Lipinski definition) is 1. The molecule has 0 aromatic heterocycles. The third kappa shape index (κ3) is 3.96. The molecule has 0 aromatic carbocycles. The largest absolute Gasteiger partial charge is 0.327 e. The Morgan fingerprint density at radius 3 is 2.24 bits per heavy atom. The topological polar surface area (TPSA) is 29.3 Å². The molecule has 5 unspecified atom stereocenters. The zero-order valence-electron chi connectivity index (χ0n) is 12.6. The minimum atomic E-state index is 0.399. The SMILES string of the molecule is CC1CC(C)C(CN(C)C(C)C(C)C)C(N)C1. The molecule has 2 nitrogen and oxygen atoms in total. The van der Waals surface area contributed by atoms with Gasteiger partial charge in [-0.05, 0) is 50.5 Å². The van der Waals surface area contributed by atoms with Crippen LogP contribution in [-0.2, 0) is 0 Å². The molecule has 2 N–H and O–H groups in total. The normalized spacial score (nSPS) is 36.5. The van der Waals surface area contributed by atoms with Gasteiger partial charge in [-0.15, -0.1) is 0 Å². The Balaban J connectivity index is 2.55. The molecule has 1 fully saturated rings. The third-order valence-electron chi connectivity index (χ3n) is 4.89. The van der Waals surface area contributed by atoms with E-state index >= 15 is 0 Å². The Kier molecular flexibility index (Phi) is 5.46. The average Bonchev–Trinajstić information content (AvgIpc) is 2.21. The Hall–Kier alpha value is -0.0800. The quantitative estimate of drug-likeness (QED) is 0.818. The van der Waals surface area contributed by atoms with Gasteiger partial charge < -0.3 is 10.6 Å². The van der Waals surface area contributed by atoms with Crippen LogP contribution in [0.5, 0.6) is 0 Å². The highest BCUT2D eigenvalue weighted by Crippen LogP contribution is 2.33. The minimum absolute atomic E-state index is 0.399. The van der Waals surface area contributed by atoms with E-state index in [4.69, 9.17) is 5.73 Å². The van der Waals surface area contributed by atoms with E-state index in [0.29, 0.717) is 23.9 Å². The lowest BCUT2D eigenvalue weighted by Crippen LogP contribution is -2.48. The van der Waals surface area contributed by atoms with E-state index in [0.717, 1.165) is 18.4 Å². The molecule has 0 heterocycles. The van der Waals surface area contributed by atoms with Crippen molar-refractivity contribution in [2.75, 3.05) is 13.6 Å². The summed E-state index contributed by atoms with van der Waals surface area (Å²) in [4.78, 5) is 2.50. The Bertz CT molecular complexity index is 215. The summed E-state index contributed by atoms with van der Waals surface area (Å²) in [6.45, 7) is 12.8. The summed E-state index contributed by atoms with van der Waals surface area (Å²) in [5.41, 5.74) is 6.36. The molecule has 0 saturated heterocycles. The van der Waals surface area contributed by atoms with Gasteiger partial charge in [0, 0.05) is 18.6 Å². The lowest BCUT2D eigenvalue weighted by Gasteiger charge is -2.41. The minimum Gasteiger partial charge on any atom is -0.327 e. The first-order chi connectivity index (χ1) is 7.82. The van der Waals surface area contributed by atoms with Gasteiger partial charge in [-0.3, -0.25) is 0 Å². The van der Waals surface area contributed by atoms with Gasteiger partial charge in [0.05, 0.1) is 0 Å². The van der Waals surface area contributed by atoms with Gasteiger partial charge in [-0.1, -0.05) is 27.7 Å². The number of rotatable bonds is 4. The van der Waals surface area contributed by atoms with E-state index in [2.05, 4.69) is 46.6 Å². The van der Waals surface area contributed by atoms with Crippen LogP contribution in [0.2, 0.25) is 0 Å². The first kappa shape index (κ1) is 15.0. The number of hydrogen-bond acceptors (Lipinski definition) is 2. The first-order valence-electron chi connectivity index (χ1n) is 7.28. The van der Waals surface area contributed by atoms with Crippen molar-refractivity contribution in [3.05, 3.63) is 0 Å². The number of nitrogens with zero attached hydrogens (tertiary/aromatic N) is 1. The molecule has 2 heteroatoms. The summed E-state index contributed by atoms with van der Waals surface area (Å²) in [6.07, 6.45) is 2.56. The second kappa shape index (κ2) is 6.19. The summed E-state index contributed by atoms with van der Waals surface area (Å²) in [7, 11) is 2.25. The van der Waals surface area contributed by atoms with Crippen LogP contribution in [-0.4, -0.2) is 30.6 Å². The highest BCUT2D eigenvalue weighted by molar-refractivity contribution is 4.87. The van der Waals surface area contributed by atoms with Crippen molar-refractivity contribution >= 4 is 0 Å². The van der Waals surface area contributed by atoms with Crippen molar-refractivity contribution in [1.82, 2.24) is 4.90 Å². The third-order valence-corrected chi connectivity index (χ3v) is 4.89. The van der Waals surface area contributed by atoms with E-state index in [1.807, 2.05) is 0 Å². The van der Waals surface area contributed by atoms with E-state index in [-0.39, 0.29) is 0 Å². The zero-order chi connectivity index (χ0) is 13.2. The van der Waals surface area contributed by atoms with Crippen LogP contribution < -0.4 is 5.73 Å². The molecule has 1 aliphatic rings. The van der Waals surface area contributed by atoms with Crippen LogP contribution in [0.15, 0.2) is 0 Å². The van der Waals surface area contributed by atoms with Crippen molar-refractivity contribution in [3.63, 3.8) is 0 Å². The summed E-state index contributed by atoms with van der Waals surface area (Å²) >= 11 is 0. The number of nitrogens with two attached hydrogens (primary N) is 1. The zero-order valence-corrected chi connectivity index (χ0v) is 12.6. The van der Waals surface area contributed by atoms with Crippen LogP contribution in [0.3, 0.4) is 0 Å². The van der Waals surface area contributed by atoms with E-state index in [9.17, 15) is 0 Å². The van der Waals surface area contributed by atoms with Crippen LogP contribution in [0.1, 0.15) is 47.5 Å². The van der Waals surface area contributed by atoms with Gasteiger partial charge in [0.15, 0.2) is 0 Å². The second-order valence-corrected chi connectivity index (χ2v) is 6.81. The fourth-order valence-corrected chi connectivity index (χ4v) is 3.29. The smallest absolute Gasteiger partial charge is 0.00870 e. The summed E-state index contributed by atoms with van der Waals surface area (Å²) in [5.74, 6) is 2.98. The van der Waals surface area contributed by atoms with Gasteiger partial charge in [-0.25, -0.2) is 0 Å². The maximum Gasteiger partial charge on any atom is 0.00870 e. The van der Waals surface area contributed by atoms with Gasteiger partial charge in [-0.2, -0.15) is 0 Å². The lowest BCUT2D eigenvalue weighted by atomic mass is 9.72. The highest BCUT2D eigenvalue weighted by atomic mass is 15.1. The molecular weight excluding hydrogens is 208 g/mol. The second-order valence-electron chi connectivity index (χ2n) is 6.81. The summed E-state index contributed by atoms with van der Waals surface area (Å²) in [6, 6.07) is 1.05. The van der Waals surface area contributed by atoms with Gasteiger partial charge in [0.25, 0.3) is 0 Å². The van der Waals surface area contributed by atoms with Crippen molar-refractivity contribution in [2.24, 2.45) is 29.4 Å². The molecule has 0 spiro atoms. The Labute approximate surface area is 108 Å². The molecule has 0 amide bonds. The molecule has 17 heavy (non-hydrogen) atoms. The van der Waals surface area contributed by atoms with Crippen LogP contribution in [0, 0.1) is 23.7 Å². The van der Waals surface area contributed by atoms with Crippen LogP contribution in [0.4, 0.5) is 0 Å². The standard InChI is InChI=1S/C15H32N2/c1-10(2)13(5)17(6)9-14-12(4)7-11(3)8-15(14)16/h10-15H,7-9,16H2,1-6H3. The van der Waals surface area contributed by atoms with E-state index in [1.54, 1.807) is 0 Å². The predicted molar refractivity (Wildman–Crippen MR) is 76.0 cm³/mol. The summed E-state index contributed by atoms with van der Waals surface area (Å²) < 4.78 is 0. The molecule has 1 aliphatic carbocycles. The first-order valence-corrected chi connectivity index (χ1v) is 7.28. The van der Waals surface area contributed by atoms with Crippen molar-refractivity contribution in [3.8, 4) is 0 Å². The lowest BCUT2D eigenvalue weighted by molar-refractivity contribution is 0.101. The fraction of sp³-hybridized carbons (Fsp3) is 1.00. The molecule has 102 valence electrons. The van der Waals surface area contributed by atoms with Crippen molar-refractivity contribution in [1.29, 1.82) is 0 Å². The van der Waals surface area contributed by atoms with Gasteiger partial charge >= 0.3 is 0 Å².